The van der Waals surface area contributed by atoms with E-state index in [9.17, 15) is 9.18 Å². The third kappa shape index (κ3) is 2.88. The van der Waals surface area contributed by atoms with E-state index >= 15 is 0 Å². The van der Waals surface area contributed by atoms with Crippen LogP contribution in [0.3, 0.4) is 0 Å². The molecule has 0 aliphatic carbocycles. The zero-order valence-corrected chi connectivity index (χ0v) is 12.5. The van der Waals surface area contributed by atoms with E-state index in [1.165, 1.54) is 23.5 Å². The van der Waals surface area contributed by atoms with Crippen molar-refractivity contribution in [3.05, 3.63) is 41.2 Å². The van der Waals surface area contributed by atoms with Gasteiger partial charge in [0.15, 0.2) is 0 Å². The summed E-state index contributed by atoms with van der Waals surface area (Å²) in [7, 11) is 0. The Kier molecular flexibility index (Phi) is 4.18. The lowest BCUT2D eigenvalue weighted by Crippen LogP contribution is -2.31. The van der Waals surface area contributed by atoms with Gasteiger partial charge < -0.3 is 4.74 Å². The van der Waals surface area contributed by atoms with Crippen molar-refractivity contribution in [1.29, 1.82) is 0 Å². The van der Waals surface area contributed by atoms with Gasteiger partial charge in [-0.1, -0.05) is 0 Å². The van der Waals surface area contributed by atoms with Crippen LogP contribution in [0.1, 0.15) is 26.5 Å². The second-order valence-corrected chi connectivity index (χ2v) is 5.75. The summed E-state index contributed by atoms with van der Waals surface area (Å²) in [5.74, 6) is -0.576. The van der Waals surface area contributed by atoms with Gasteiger partial charge in [-0.05, 0) is 45.0 Å². The van der Waals surface area contributed by atoms with E-state index in [4.69, 9.17) is 4.74 Å². The molecule has 0 atom stereocenters. The average Bonchev–Trinajstić information content (AvgIpc) is 2.90. The van der Waals surface area contributed by atoms with Crippen molar-refractivity contribution in [3.8, 4) is 10.6 Å². The van der Waals surface area contributed by atoms with Crippen LogP contribution in [0.2, 0.25) is 0 Å². The summed E-state index contributed by atoms with van der Waals surface area (Å²) in [6, 6.07) is 6.14. The molecule has 106 valence electrons. The third-order valence-electron chi connectivity index (χ3n) is 3.02. The van der Waals surface area contributed by atoms with Gasteiger partial charge in [-0.25, -0.2) is 9.37 Å². The van der Waals surface area contributed by atoms with Crippen LogP contribution >= 0.6 is 11.3 Å². The van der Waals surface area contributed by atoms with Crippen LogP contribution in [0.4, 0.5) is 4.39 Å². The Morgan fingerprint density at radius 3 is 2.60 bits per heavy atom. The summed E-state index contributed by atoms with van der Waals surface area (Å²) in [6.07, 6.45) is 0. The monoisotopic (exact) mass is 293 g/mol. The highest BCUT2D eigenvalue weighted by atomic mass is 32.1. The number of esters is 1. The van der Waals surface area contributed by atoms with E-state index in [2.05, 4.69) is 4.98 Å². The van der Waals surface area contributed by atoms with Gasteiger partial charge in [0, 0.05) is 10.9 Å². The zero-order chi connectivity index (χ0) is 14.8. The number of halogens is 1. The van der Waals surface area contributed by atoms with Gasteiger partial charge in [0.1, 0.15) is 16.2 Å². The lowest BCUT2D eigenvalue weighted by molar-refractivity contribution is -0.148. The first-order valence-corrected chi connectivity index (χ1v) is 7.22. The van der Waals surface area contributed by atoms with Gasteiger partial charge in [0.05, 0.1) is 12.3 Å². The van der Waals surface area contributed by atoms with Crippen molar-refractivity contribution in [2.75, 3.05) is 6.61 Å². The number of carbonyl (C=O) groups excluding carboxylic acids is 1. The standard InChI is InChI=1S/C15H16FNO2S/c1-4-19-14(18)15(2,3)12-9-20-13(17-12)10-5-7-11(16)8-6-10/h5-9H,4H2,1-3H3. The van der Waals surface area contributed by atoms with Gasteiger partial charge in [-0.2, -0.15) is 0 Å². The molecule has 20 heavy (non-hydrogen) atoms. The molecule has 0 aliphatic rings. The molecule has 0 N–H and O–H groups in total. The number of aromatic nitrogens is 1. The maximum Gasteiger partial charge on any atom is 0.317 e. The number of nitrogens with zero attached hydrogens (tertiary/aromatic N) is 1. The smallest absolute Gasteiger partial charge is 0.317 e. The lowest BCUT2D eigenvalue weighted by Gasteiger charge is -2.19. The van der Waals surface area contributed by atoms with Crippen molar-refractivity contribution >= 4 is 17.3 Å². The van der Waals surface area contributed by atoms with Crippen molar-refractivity contribution in [1.82, 2.24) is 4.98 Å². The number of hydrogen-bond donors (Lipinski definition) is 0. The summed E-state index contributed by atoms with van der Waals surface area (Å²) in [6.45, 7) is 5.69. The van der Waals surface area contributed by atoms with Crippen LogP contribution in [0.25, 0.3) is 10.6 Å². The molecule has 0 saturated heterocycles. The largest absolute Gasteiger partial charge is 0.465 e. The number of carbonyl (C=O) groups is 1. The Morgan fingerprint density at radius 1 is 1.35 bits per heavy atom. The first-order valence-electron chi connectivity index (χ1n) is 6.34. The van der Waals surface area contributed by atoms with Crippen LogP contribution in [0.5, 0.6) is 0 Å². The topological polar surface area (TPSA) is 39.2 Å². The molecule has 0 unspecified atom stereocenters. The van der Waals surface area contributed by atoms with Gasteiger partial charge in [-0.3, -0.25) is 4.79 Å². The molecule has 2 aromatic rings. The summed E-state index contributed by atoms with van der Waals surface area (Å²) in [5, 5.41) is 2.60. The second-order valence-electron chi connectivity index (χ2n) is 4.89. The first kappa shape index (κ1) is 14.7. The third-order valence-corrected chi connectivity index (χ3v) is 3.91. The molecular weight excluding hydrogens is 277 g/mol. The van der Waals surface area contributed by atoms with Crippen molar-refractivity contribution < 1.29 is 13.9 Å². The first-order chi connectivity index (χ1) is 9.45. The molecule has 1 heterocycles. The minimum Gasteiger partial charge on any atom is -0.465 e. The predicted molar refractivity (Wildman–Crippen MR) is 77.2 cm³/mol. The SMILES string of the molecule is CCOC(=O)C(C)(C)c1csc(-c2ccc(F)cc2)n1. The fourth-order valence-corrected chi connectivity index (χ4v) is 2.70. The lowest BCUT2D eigenvalue weighted by atomic mass is 9.90. The molecule has 0 spiro atoms. The summed E-state index contributed by atoms with van der Waals surface area (Å²) >= 11 is 1.43. The maximum atomic E-state index is 12.9. The Bertz CT molecular complexity index is 605. The highest BCUT2D eigenvalue weighted by Gasteiger charge is 2.33. The van der Waals surface area contributed by atoms with Crippen molar-refractivity contribution in [3.63, 3.8) is 0 Å². The summed E-state index contributed by atoms with van der Waals surface area (Å²) < 4.78 is 18.0. The normalized spacial score (nSPS) is 11.4. The molecule has 0 amide bonds. The molecule has 1 aromatic carbocycles. The van der Waals surface area contributed by atoms with Gasteiger partial charge in [0.2, 0.25) is 0 Å². The zero-order valence-electron chi connectivity index (χ0n) is 11.6. The van der Waals surface area contributed by atoms with Crippen LogP contribution in [-0.2, 0) is 14.9 Å². The van der Waals surface area contributed by atoms with E-state index in [-0.39, 0.29) is 11.8 Å². The number of rotatable bonds is 4. The van der Waals surface area contributed by atoms with E-state index in [1.54, 1.807) is 32.9 Å². The van der Waals surface area contributed by atoms with Gasteiger partial charge in [-0.15, -0.1) is 11.3 Å². The number of hydrogen-bond acceptors (Lipinski definition) is 4. The van der Waals surface area contributed by atoms with Crippen LogP contribution in [0, 0.1) is 5.82 Å². The van der Waals surface area contributed by atoms with Crippen molar-refractivity contribution in [2.24, 2.45) is 0 Å². The van der Waals surface area contributed by atoms with Crippen LogP contribution in [-0.4, -0.2) is 17.6 Å². The Hall–Kier alpha value is -1.75. The minimum absolute atomic E-state index is 0.280. The van der Waals surface area contributed by atoms with Crippen LogP contribution < -0.4 is 0 Å². The van der Waals surface area contributed by atoms with Crippen LogP contribution in [0.15, 0.2) is 29.6 Å². The van der Waals surface area contributed by atoms with E-state index < -0.39 is 5.41 Å². The molecule has 1 aromatic heterocycles. The molecule has 5 heteroatoms. The number of ether oxygens (including phenoxy) is 1. The maximum absolute atomic E-state index is 12.9. The van der Waals surface area contributed by atoms with E-state index in [0.29, 0.717) is 12.3 Å². The number of benzene rings is 1. The Balaban J connectivity index is 2.28. The highest BCUT2D eigenvalue weighted by molar-refractivity contribution is 7.13. The Morgan fingerprint density at radius 2 is 2.00 bits per heavy atom. The molecule has 3 nitrogen and oxygen atoms in total. The molecule has 2 rings (SSSR count). The summed E-state index contributed by atoms with van der Waals surface area (Å²) in [4.78, 5) is 16.4. The van der Waals surface area contributed by atoms with Gasteiger partial charge >= 0.3 is 5.97 Å². The van der Waals surface area contributed by atoms with E-state index in [0.717, 1.165) is 10.6 Å². The molecule has 0 aliphatic heterocycles. The fourth-order valence-electron chi connectivity index (χ4n) is 1.70. The average molecular weight is 293 g/mol. The summed E-state index contributed by atoms with van der Waals surface area (Å²) in [5.41, 5.74) is 0.715. The quantitative estimate of drug-likeness (QED) is 0.805. The number of thiazole rings is 1. The molecule has 0 fully saturated rings. The molecule has 0 radical (unpaired) electrons. The molecule has 0 saturated carbocycles. The van der Waals surface area contributed by atoms with E-state index in [1.807, 2.05) is 5.38 Å². The fraction of sp³-hybridized carbons (Fsp3) is 0.333. The highest BCUT2D eigenvalue weighted by Crippen LogP contribution is 2.31. The minimum atomic E-state index is -0.787. The second kappa shape index (κ2) is 5.71. The predicted octanol–water partition coefficient (Wildman–Crippen LogP) is 3.79. The Labute approximate surface area is 121 Å². The molecule has 0 bridgehead atoms. The molecular formula is C15H16FNO2S. The van der Waals surface area contributed by atoms with Gasteiger partial charge in [0.25, 0.3) is 0 Å². The van der Waals surface area contributed by atoms with Crippen molar-refractivity contribution in [2.45, 2.75) is 26.2 Å².